The number of nitrogens with one attached hydrogen (secondary N) is 1. The van der Waals surface area contributed by atoms with Gasteiger partial charge in [-0.05, 0) is 23.3 Å². The number of anilines is 1. The second kappa shape index (κ2) is 7.28. The molecule has 1 aliphatic heterocycles. The quantitative estimate of drug-likeness (QED) is 0.681. The van der Waals surface area contributed by atoms with E-state index in [0.717, 1.165) is 6.26 Å². The number of rotatable bonds is 4. The van der Waals surface area contributed by atoms with Gasteiger partial charge in [-0.3, -0.25) is 9.69 Å². The van der Waals surface area contributed by atoms with E-state index in [-0.39, 0.29) is 24.5 Å². The van der Waals surface area contributed by atoms with Crippen LogP contribution in [-0.4, -0.2) is 43.6 Å². The number of nitrogens with zero attached hydrogens (tertiary/aromatic N) is 2. The van der Waals surface area contributed by atoms with Crippen LogP contribution in [0.25, 0.3) is 22.0 Å². The first-order valence-electron chi connectivity index (χ1n) is 9.20. The Kier molecular flexibility index (Phi) is 4.89. The van der Waals surface area contributed by atoms with Crippen molar-refractivity contribution in [3.8, 4) is 11.1 Å². The summed E-state index contributed by atoms with van der Waals surface area (Å²) in [6.45, 7) is -1.06. The Labute approximate surface area is 171 Å². The minimum atomic E-state index is -3.28. The number of sulfone groups is 1. The zero-order chi connectivity index (χ0) is 21.6. The number of hydrogen-bond acceptors (Lipinski definition) is 5. The van der Waals surface area contributed by atoms with Gasteiger partial charge in [0.05, 0.1) is 18.0 Å². The third kappa shape index (κ3) is 3.47. The van der Waals surface area contributed by atoms with E-state index in [4.69, 9.17) is 4.74 Å². The molecule has 3 heterocycles. The first-order valence-corrected chi connectivity index (χ1v) is 11.3. The van der Waals surface area contributed by atoms with Gasteiger partial charge in [0, 0.05) is 42.2 Å². The van der Waals surface area contributed by atoms with Crippen LogP contribution >= 0.6 is 0 Å². The molecule has 1 aliphatic rings. The van der Waals surface area contributed by atoms with Crippen molar-refractivity contribution in [2.75, 3.05) is 24.4 Å². The SMILES string of the molecule is Cn1cc2c3c(c[nH]c3c1=O)CN(C(=O)OCCF)c1ccc(CS(C)(=O)=O)cc1-2. The summed E-state index contributed by atoms with van der Waals surface area (Å²) in [7, 11) is -1.66. The van der Waals surface area contributed by atoms with E-state index in [1.807, 2.05) is 0 Å². The summed E-state index contributed by atoms with van der Waals surface area (Å²) in [4.78, 5) is 29.6. The standard InChI is InChI=1S/C20H20FN3O5S/c1-23-10-15-14-7-12(11-30(2,27)28)3-4-16(14)24(20(26)29-6-5-21)9-13-8-22-18(17(13)15)19(23)25/h3-4,7-8,10,22H,5-6,9,11H2,1-2H3. The molecule has 158 valence electrons. The van der Waals surface area contributed by atoms with Crippen molar-refractivity contribution in [1.82, 2.24) is 9.55 Å². The predicted octanol–water partition coefficient (Wildman–Crippen LogP) is 2.50. The number of hydrogen-bond donors (Lipinski definition) is 1. The molecule has 0 saturated carbocycles. The van der Waals surface area contributed by atoms with Crippen LogP contribution in [-0.2, 0) is 33.9 Å². The van der Waals surface area contributed by atoms with Crippen molar-refractivity contribution in [2.24, 2.45) is 7.05 Å². The fourth-order valence-corrected chi connectivity index (χ4v) is 4.60. The molecule has 0 fully saturated rings. The number of H-pyrrole nitrogens is 1. The van der Waals surface area contributed by atoms with Crippen LogP contribution in [0.1, 0.15) is 11.1 Å². The monoisotopic (exact) mass is 433 g/mol. The summed E-state index contributed by atoms with van der Waals surface area (Å²) >= 11 is 0. The smallest absolute Gasteiger partial charge is 0.414 e. The molecule has 0 radical (unpaired) electrons. The summed E-state index contributed by atoms with van der Waals surface area (Å²) in [5.74, 6) is -0.165. The maximum absolute atomic E-state index is 12.7. The van der Waals surface area contributed by atoms with Gasteiger partial charge in [0.2, 0.25) is 0 Å². The van der Waals surface area contributed by atoms with E-state index in [2.05, 4.69) is 4.98 Å². The number of carbonyl (C=O) groups excluding carboxylic acids is 1. The second-order valence-electron chi connectivity index (χ2n) is 7.33. The molecular formula is C20H20FN3O5S. The average molecular weight is 433 g/mol. The number of aromatic amines is 1. The van der Waals surface area contributed by atoms with Crippen LogP contribution in [0.5, 0.6) is 0 Å². The minimum absolute atomic E-state index is 0.115. The van der Waals surface area contributed by atoms with Gasteiger partial charge in [-0.25, -0.2) is 17.6 Å². The van der Waals surface area contributed by atoms with Crippen molar-refractivity contribution >= 4 is 32.5 Å². The van der Waals surface area contributed by atoms with Crippen molar-refractivity contribution in [3.63, 3.8) is 0 Å². The average Bonchev–Trinajstić information content (AvgIpc) is 3.04. The van der Waals surface area contributed by atoms with Crippen molar-refractivity contribution in [1.29, 1.82) is 0 Å². The Bertz CT molecular complexity index is 1330. The molecule has 2 aromatic heterocycles. The number of halogens is 1. The Hall–Kier alpha value is -3.14. The lowest BCUT2D eigenvalue weighted by Gasteiger charge is -2.23. The van der Waals surface area contributed by atoms with Gasteiger partial charge in [0.1, 0.15) is 18.8 Å². The Morgan fingerprint density at radius 3 is 2.77 bits per heavy atom. The number of pyridine rings is 1. The highest BCUT2D eigenvalue weighted by atomic mass is 32.2. The Morgan fingerprint density at radius 1 is 1.30 bits per heavy atom. The molecule has 4 rings (SSSR count). The fraction of sp³-hybridized carbons (Fsp3) is 0.300. The molecular weight excluding hydrogens is 413 g/mol. The number of amides is 1. The van der Waals surface area contributed by atoms with Crippen LogP contribution in [0.2, 0.25) is 0 Å². The second-order valence-corrected chi connectivity index (χ2v) is 9.47. The van der Waals surface area contributed by atoms with E-state index in [9.17, 15) is 22.4 Å². The topological polar surface area (TPSA) is 101 Å². The lowest BCUT2D eigenvalue weighted by molar-refractivity contribution is 0.144. The van der Waals surface area contributed by atoms with Gasteiger partial charge in [-0.15, -0.1) is 0 Å². The molecule has 0 saturated heterocycles. The first-order chi connectivity index (χ1) is 14.2. The maximum atomic E-state index is 12.7. The number of ether oxygens (including phenoxy) is 1. The normalized spacial score (nSPS) is 13.2. The summed E-state index contributed by atoms with van der Waals surface area (Å²) in [5, 5.41) is 0.664. The summed E-state index contributed by atoms with van der Waals surface area (Å²) in [5.41, 5.74) is 3.20. The predicted molar refractivity (Wildman–Crippen MR) is 111 cm³/mol. The first kappa shape index (κ1) is 20.1. The van der Waals surface area contributed by atoms with Crippen molar-refractivity contribution in [3.05, 3.63) is 52.1 Å². The van der Waals surface area contributed by atoms with Gasteiger partial charge in [0.25, 0.3) is 5.56 Å². The molecule has 3 aromatic rings. The van der Waals surface area contributed by atoms with Gasteiger partial charge < -0.3 is 14.3 Å². The summed E-state index contributed by atoms with van der Waals surface area (Å²) in [6.07, 6.45) is 3.75. The van der Waals surface area contributed by atoms with Crippen LogP contribution in [0.15, 0.2) is 35.4 Å². The van der Waals surface area contributed by atoms with E-state index in [1.165, 1.54) is 9.47 Å². The summed E-state index contributed by atoms with van der Waals surface area (Å²) < 4.78 is 42.6. The number of aromatic nitrogens is 2. The lowest BCUT2D eigenvalue weighted by Crippen LogP contribution is -2.31. The molecule has 0 atom stereocenters. The molecule has 0 bridgehead atoms. The molecule has 0 aliphatic carbocycles. The van der Waals surface area contributed by atoms with Crippen LogP contribution in [0, 0.1) is 0 Å². The molecule has 10 heteroatoms. The van der Waals surface area contributed by atoms with E-state index in [1.54, 1.807) is 37.6 Å². The highest BCUT2D eigenvalue weighted by Gasteiger charge is 2.29. The highest BCUT2D eigenvalue weighted by Crippen LogP contribution is 2.41. The number of benzene rings is 1. The van der Waals surface area contributed by atoms with Gasteiger partial charge >= 0.3 is 6.09 Å². The number of fused-ring (bicyclic) bond motifs is 2. The van der Waals surface area contributed by atoms with E-state index in [0.29, 0.717) is 38.8 Å². The van der Waals surface area contributed by atoms with Crippen LogP contribution in [0.3, 0.4) is 0 Å². The maximum Gasteiger partial charge on any atom is 0.414 e. The number of carbonyl (C=O) groups is 1. The Balaban J connectivity index is 1.99. The molecule has 0 unspecified atom stereocenters. The van der Waals surface area contributed by atoms with Gasteiger partial charge in [-0.1, -0.05) is 6.07 Å². The molecule has 1 aromatic carbocycles. The third-order valence-electron chi connectivity index (χ3n) is 5.01. The molecule has 30 heavy (non-hydrogen) atoms. The van der Waals surface area contributed by atoms with Crippen molar-refractivity contribution < 1.29 is 22.3 Å². The largest absolute Gasteiger partial charge is 0.446 e. The highest BCUT2D eigenvalue weighted by molar-refractivity contribution is 7.89. The van der Waals surface area contributed by atoms with E-state index < -0.39 is 22.6 Å². The lowest BCUT2D eigenvalue weighted by atomic mass is 9.99. The molecule has 0 spiro atoms. The van der Waals surface area contributed by atoms with Gasteiger partial charge in [-0.2, -0.15) is 0 Å². The van der Waals surface area contributed by atoms with Gasteiger partial charge in [0.15, 0.2) is 9.84 Å². The molecule has 1 N–H and O–H groups in total. The third-order valence-corrected chi connectivity index (χ3v) is 5.87. The Morgan fingerprint density at radius 2 is 2.07 bits per heavy atom. The molecule has 1 amide bonds. The minimum Gasteiger partial charge on any atom is -0.446 e. The van der Waals surface area contributed by atoms with Crippen LogP contribution < -0.4 is 10.5 Å². The molecule has 8 nitrogen and oxygen atoms in total. The van der Waals surface area contributed by atoms with E-state index >= 15 is 0 Å². The zero-order valence-electron chi connectivity index (χ0n) is 16.4. The van der Waals surface area contributed by atoms with Crippen LogP contribution in [0.4, 0.5) is 14.9 Å². The fourth-order valence-electron chi connectivity index (χ4n) is 3.81. The van der Waals surface area contributed by atoms with Crippen molar-refractivity contribution in [2.45, 2.75) is 12.3 Å². The number of aryl methyl sites for hydroxylation is 1. The summed E-state index contributed by atoms with van der Waals surface area (Å²) in [6, 6.07) is 4.99. The zero-order valence-corrected chi connectivity index (χ0v) is 17.3. The number of alkyl halides is 1.